The Morgan fingerprint density at radius 2 is 1.77 bits per heavy atom. The van der Waals surface area contributed by atoms with Crippen LogP contribution < -0.4 is 5.32 Å². The molecule has 0 aliphatic rings. The van der Waals surface area contributed by atoms with E-state index < -0.39 is 24.6 Å². The maximum atomic E-state index is 13.7. The number of aliphatic hydroxyl groups excluding tert-OH is 2. The average Bonchev–Trinajstić information content (AvgIpc) is 3.36. The van der Waals surface area contributed by atoms with E-state index in [2.05, 4.69) is 10.4 Å². The molecule has 0 unspecified atom stereocenters. The van der Waals surface area contributed by atoms with Crippen molar-refractivity contribution in [1.82, 2.24) is 19.7 Å². The van der Waals surface area contributed by atoms with Crippen LogP contribution in [0.1, 0.15) is 43.9 Å². The number of carbonyl (C=O) groups is 1. The van der Waals surface area contributed by atoms with E-state index in [1.165, 1.54) is 18.2 Å². The number of hydrogen-bond donors (Lipinski definition) is 4. The second-order valence-electron chi connectivity index (χ2n) is 9.36. The van der Waals surface area contributed by atoms with Crippen molar-refractivity contribution in [3.63, 3.8) is 0 Å². The molecule has 0 fully saturated rings. The van der Waals surface area contributed by atoms with Gasteiger partial charge in [-0.25, -0.2) is 19.0 Å². The highest BCUT2D eigenvalue weighted by Crippen LogP contribution is 2.31. The van der Waals surface area contributed by atoms with E-state index in [0.717, 1.165) is 5.69 Å². The minimum Gasteiger partial charge on any atom is -0.481 e. The number of nitrogens with one attached hydrogen (secondary N) is 1. The highest BCUT2D eigenvalue weighted by molar-refractivity contribution is 5.75. The summed E-state index contributed by atoms with van der Waals surface area (Å²) in [4.78, 5) is 20.4. The zero-order chi connectivity index (χ0) is 27.9. The van der Waals surface area contributed by atoms with Crippen LogP contribution in [-0.2, 0) is 4.79 Å². The van der Waals surface area contributed by atoms with Crippen LogP contribution in [0.4, 0.5) is 16.2 Å². The Hall–Kier alpha value is -4.41. The number of nitrogens with zero attached hydrogens (tertiary/aromatic N) is 4. The number of benzene rings is 2. The van der Waals surface area contributed by atoms with Gasteiger partial charge in [-0.05, 0) is 42.3 Å². The summed E-state index contributed by atoms with van der Waals surface area (Å²) in [6.07, 6.45) is 1.89. The number of aliphatic hydroxyl groups is 2. The van der Waals surface area contributed by atoms with Gasteiger partial charge in [0.2, 0.25) is 5.95 Å². The molecule has 2 aromatic carbocycles. The quantitative estimate of drug-likeness (QED) is 0.214. The minimum absolute atomic E-state index is 0.0545. The first-order valence-corrected chi connectivity index (χ1v) is 12.5. The molecule has 2 aromatic heterocycles. The van der Waals surface area contributed by atoms with Crippen molar-refractivity contribution in [2.75, 3.05) is 5.32 Å². The van der Waals surface area contributed by atoms with Crippen LogP contribution in [0.2, 0.25) is 0 Å². The molecule has 39 heavy (non-hydrogen) atoms. The Morgan fingerprint density at radius 1 is 1.05 bits per heavy atom. The lowest BCUT2D eigenvalue weighted by Crippen LogP contribution is -2.19. The zero-order valence-corrected chi connectivity index (χ0v) is 21.6. The molecule has 0 radical (unpaired) electrons. The van der Waals surface area contributed by atoms with E-state index in [9.17, 15) is 19.4 Å². The molecule has 4 rings (SSSR count). The number of aliphatic carboxylic acids is 1. The lowest BCUT2D eigenvalue weighted by molar-refractivity contribution is -0.139. The van der Waals surface area contributed by atoms with Gasteiger partial charge >= 0.3 is 5.97 Å². The molecule has 202 valence electrons. The molecule has 0 spiro atoms. The van der Waals surface area contributed by atoms with Crippen molar-refractivity contribution in [2.45, 2.75) is 44.8 Å². The van der Waals surface area contributed by atoms with Crippen molar-refractivity contribution < 1.29 is 24.5 Å². The normalized spacial score (nSPS) is 13.1. The Labute approximate surface area is 225 Å². The first-order chi connectivity index (χ1) is 18.7. The van der Waals surface area contributed by atoms with Gasteiger partial charge in [0, 0.05) is 23.6 Å². The standard InChI is InChI=1S/C29H30FN5O4/c1-18(2)27-24(13-12-22(36)16-23(37)17-26(38)39)28(19-8-10-20(30)11-9-19)34-29(33-27)32-25-14-15-31-35(25)21-6-4-3-5-7-21/h3-15,18,22-23,36-37H,16-17H2,1-2H3,(H,38,39)(H,32,33,34)/t22-,23-/m1/s1. The van der Waals surface area contributed by atoms with E-state index in [1.54, 1.807) is 35.2 Å². The van der Waals surface area contributed by atoms with E-state index >= 15 is 0 Å². The zero-order valence-electron chi connectivity index (χ0n) is 21.6. The van der Waals surface area contributed by atoms with Crippen LogP contribution in [-0.4, -0.2) is 53.2 Å². The summed E-state index contributed by atoms with van der Waals surface area (Å²) < 4.78 is 15.5. The molecule has 0 amide bonds. The van der Waals surface area contributed by atoms with E-state index in [1.807, 2.05) is 44.2 Å². The molecule has 0 aliphatic heterocycles. The van der Waals surface area contributed by atoms with Crippen LogP contribution in [0.25, 0.3) is 23.0 Å². The van der Waals surface area contributed by atoms with Crippen molar-refractivity contribution in [2.24, 2.45) is 0 Å². The maximum absolute atomic E-state index is 13.7. The van der Waals surface area contributed by atoms with E-state index in [0.29, 0.717) is 34.3 Å². The number of hydrogen-bond acceptors (Lipinski definition) is 7. The van der Waals surface area contributed by atoms with Gasteiger partial charge in [-0.2, -0.15) is 5.10 Å². The molecule has 0 saturated heterocycles. The fourth-order valence-electron chi connectivity index (χ4n) is 4.11. The molecule has 2 atom stereocenters. The molecule has 4 aromatic rings. The molecule has 4 N–H and O–H groups in total. The van der Waals surface area contributed by atoms with Gasteiger partial charge in [0.05, 0.1) is 41.9 Å². The Balaban J connectivity index is 1.75. The fourth-order valence-corrected chi connectivity index (χ4v) is 4.11. The van der Waals surface area contributed by atoms with Gasteiger partial charge in [0.1, 0.15) is 11.6 Å². The van der Waals surface area contributed by atoms with Crippen molar-refractivity contribution >= 4 is 23.8 Å². The Morgan fingerprint density at radius 3 is 2.44 bits per heavy atom. The van der Waals surface area contributed by atoms with Gasteiger partial charge in [-0.3, -0.25) is 4.79 Å². The third kappa shape index (κ3) is 7.13. The third-order valence-corrected chi connectivity index (χ3v) is 5.93. The first kappa shape index (κ1) is 27.6. The Bertz CT molecular complexity index is 1440. The number of anilines is 2. The van der Waals surface area contributed by atoms with Gasteiger partial charge in [0.15, 0.2) is 0 Å². The average molecular weight is 532 g/mol. The predicted octanol–water partition coefficient (Wildman–Crippen LogP) is 4.94. The summed E-state index contributed by atoms with van der Waals surface area (Å²) in [7, 11) is 0. The predicted molar refractivity (Wildman–Crippen MR) is 146 cm³/mol. The van der Waals surface area contributed by atoms with Crippen LogP contribution in [0, 0.1) is 5.82 Å². The molecule has 0 bridgehead atoms. The largest absolute Gasteiger partial charge is 0.481 e. The summed E-state index contributed by atoms with van der Waals surface area (Å²) in [5.74, 6) is -0.634. The van der Waals surface area contributed by atoms with Crippen molar-refractivity contribution in [3.8, 4) is 16.9 Å². The molecular weight excluding hydrogens is 501 g/mol. The summed E-state index contributed by atoms with van der Waals surface area (Å²) >= 11 is 0. The summed E-state index contributed by atoms with van der Waals surface area (Å²) in [6.45, 7) is 3.94. The number of halogens is 1. The number of carboxylic acids is 1. The first-order valence-electron chi connectivity index (χ1n) is 12.5. The molecule has 9 nitrogen and oxygen atoms in total. The summed E-state index contributed by atoms with van der Waals surface area (Å²) in [5.41, 5.74) is 3.29. The SMILES string of the molecule is CC(C)c1nc(Nc2ccnn2-c2ccccc2)nc(-c2ccc(F)cc2)c1C=C[C@@H](O)C[C@@H](O)CC(=O)O. The van der Waals surface area contributed by atoms with Crippen LogP contribution in [0.5, 0.6) is 0 Å². The van der Waals surface area contributed by atoms with Crippen LogP contribution in [0.15, 0.2) is 72.9 Å². The summed E-state index contributed by atoms with van der Waals surface area (Å²) in [5, 5.41) is 36.9. The molecule has 0 saturated carbocycles. The lowest BCUT2D eigenvalue weighted by Gasteiger charge is -2.17. The summed E-state index contributed by atoms with van der Waals surface area (Å²) in [6, 6.07) is 17.3. The van der Waals surface area contributed by atoms with Gasteiger partial charge < -0.3 is 20.6 Å². The number of carboxylic acid groups (broad SMARTS) is 1. The smallest absolute Gasteiger partial charge is 0.305 e. The highest BCUT2D eigenvalue weighted by atomic mass is 19.1. The Kier molecular flexibility index (Phi) is 8.80. The van der Waals surface area contributed by atoms with Gasteiger partial charge in [0.25, 0.3) is 0 Å². The molecule has 2 heterocycles. The van der Waals surface area contributed by atoms with Gasteiger partial charge in [-0.15, -0.1) is 0 Å². The van der Waals surface area contributed by atoms with Crippen LogP contribution in [0.3, 0.4) is 0 Å². The van der Waals surface area contributed by atoms with Crippen molar-refractivity contribution in [1.29, 1.82) is 0 Å². The third-order valence-electron chi connectivity index (χ3n) is 5.93. The molecule has 0 aliphatic carbocycles. The molecular formula is C29H30FN5O4. The lowest BCUT2D eigenvalue weighted by atomic mass is 9.97. The highest BCUT2D eigenvalue weighted by Gasteiger charge is 2.19. The topological polar surface area (TPSA) is 133 Å². The van der Waals surface area contributed by atoms with E-state index in [4.69, 9.17) is 15.1 Å². The monoisotopic (exact) mass is 531 g/mol. The second kappa shape index (κ2) is 12.4. The van der Waals surface area contributed by atoms with Gasteiger partial charge in [-0.1, -0.05) is 44.2 Å². The van der Waals surface area contributed by atoms with E-state index in [-0.39, 0.29) is 18.2 Å². The minimum atomic E-state index is -1.19. The van der Waals surface area contributed by atoms with Crippen molar-refractivity contribution in [3.05, 3.63) is 90.0 Å². The number of aromatic nitrogens is 4. The number of rotatable bonds is 11. The second-order valence-corrected chi connectivity index (χ2v) is 9.36. The fraction of sp³-hybridized carbons (Fsp3) is 0.241. The number of para-hydroxylation sites is 1. The van der Waals surface area contributed by atoms with Crippen LogP contribution >= 0.6 is 0 Å². The molecule has 10 heteroatoms. The maximum Gasteiger partial charge on any atom is 0.305 e.